The van der Waals surface area contributed by atoms with Gasteiger partial charge in [0.1, 0.15) is 0 Å². The Kier molecular flexibility index (Phi) is 19.1. The largest absolute Gasteiger partial charge is 0.127 e. The van der Waals surface area contributed by atoms with Crippen molar-refractivity contribution in [2.45, 2.75) is 115 Å². The fourth-order valence-electron chi connectivity index (χ4n) is 2.82. The minimum atomic E-state index is 0.366. The molecule has 0 aromatic carbocycles. The molecule has 0 aromatic rings. The predicted molar refractivity (Wildman–Crippen MR) is 99.9 cm³/mol. The molecule has 0 spiro atoms. The summed E-state index contributed by atoms with van der Waals surface area (Å²) in [4.78, 5) is 0. The molecule has 1 atom stereocenters. The molecule has 0 fully saturated rings. The molecule has 0 bridgehead atoms. The summed E-state index contributed by atoms with van der Waals surface area (Å²) in [5.74, 6) is 0.839. The number of hydrogen-bond donors (Lipinski definition) is 0. The van der Waals surface area contributed by atoms with Crippen LogP contribution in [0.2, 0.25) is 0 Å². The fourth-order valence-corrected chi connectivity index (χ4v) is 3.16. The van der Waals surface area contributed by atoms with Gasteiger partial charge >= 0.3 is 0 Å². The second kappa shape index (κ2) is 18.6. The maximum atomic E-state index is 5.94. The molecule has 0 saturated carbocycles. The van der Waals surface area contributed by atoms with Crippen LogP contribution in [0.4, 0.5) is 0 Å². The van der Waals surface area contributed by atoms with Crippen LogP contribution in [0.25, 0.3) is 0 Å². The van der Waals surface area contributed by atoms with E-state index >= 15 is 0 Å². The van der Waals surface area contributed by atoms with Gasteiger partial charge in [-0.05, 0) is 19.8 Å². The van der Waals surface area contributed by atoms with E-state index in [4.69, 9.17) is 23.2 Å². The first kappa shape index (κ1) is 21.6. The maximum absolute atomic E-state index is 5.94. The Balaban J connectivity index is 2.93. The van der Waals surface area contributed by atoms with Crippen LogP contribution < -0.4 is 0 Å². The zero-order chi connectivity index (χ0) is 15.6. The molecule has 21 heavy (non-hydrogen) atoms. The lowest BCUT2D eigenvalue weighted by Gasteiger charge is -2.04. The van der Waals surface area contributed by atoms with Crippen LogP contribution in [-0.2, 0) is 0 Å². The molecule has 0 heterocycles. The second-order valence-electron chi connectivity index (χ2n) is 6.56. The molecule has 0 saturated heterocycles. The molecule has 0 radical (unpaired) electrons. The fraction of sp³-hybridized carbons (Fsp3) is 1.00. The third kappa shape index (κ3) is 20.6. The van der Waals surface area contributed by atoms with Crippen molar-refractivity contribution < 1.29 is 0 Å². The molecule has 0 aliphatic rings. The molecule has 128 valence electrons. The minimum absolute atomic E-state index is 0.366. The standard InChI is InChI=1S/C19H38Cl2/c1-19(21)17-15-13-11-9-7-5-3-2-4-6-8-10-12-14-16-18-20/h19H,2-18H2,1H3. The maximum Gasteiger partial charge on any atom is 0.0307 e. The van der Waals surface area contributed by atoms with Gasteiger partial charge in [-0.2, -0.15) is 0 Å². The Bertz CT molecular complexity index is 180. The Morgan fingerprint density at radius 1 is 0.524 bits per heavy atom. The summed E-state index contributed by atoms with van der Waals surface area (Å²) in [6.45, 7) is 2.10. The van der Waals surface area contributed by atoms with Gasteiger partial charge in [0.05, 0.1) is 0 Å². The van der Waals surface area contributed by atoms with Gasteiger partial charge in [-0.25, -0.2) is 0 Å². The van der Waals surface area contributed by atoms with Crippen LogP contribution in [0.15, 0.2) is 0 Å². The van der Waals surface area contributed by atoms with Gasteiger partial charge in [-0.1, -0.05) is 89.9 Å². The topological polar surface area (TPSA) is 0 Å². The van der Waals surface area contributed by atoms with E-state index in [1.165, 1.54) is 103 Å². The van der Waals surface area contributed by atoms with Gasteiger partial charge in [0.2, 0.25) is 0 Å². The predicted octanol–water partition coefficient (Wildman–Crippen LogP) is 8.09. The summed E-state index contributed by atoms with van der Waals surface area (Å²) in [5.41, 5.74) is 0. The van der Waals surface area contributed by atoms with E-state index in [0.717, 1.165) is 5.88 Å². The van der Waals surface area contributed by atoms with Gasteiger partial charge in [0, 0.05) is 11.3 Å². The third-order valence-corrected chi connectivity index (χ3v) is 4.72. The van der Waals surface area contributed by atoms with Gasteiger partial charge in [0.25, 0.3) is 0 Å². The molecule has 0 nitrogen and oxygen atoms in total. The summed E-state index contributed by atoms with van der Waals surface area (Å²) in [5, 5.41) is 0.366. The Labute approximate surface area is 144 Å². The first-order chi connectivity index (χ1) is 10.3. The van der Waals surface area contributed by atoms with Crippen molar-refractivity contribution in [3.63, 3.8) is 0 Å². The van der Waals surface area contributed by atoms with E-state index < -0.39 is 0 Å². The lowest BCUT2D eigenvalue weighted by atomic mass is 10.0. The van der Waals surface area contributed by atoms with Crippen LogP contribution in [0, 0.1) is 0 Å². The molecule has 0 N–H and O–H groups in total. The van der Waals surface area contributed by atoms with Crippen LogP contribution in [0.5, 0.6) is 0 Å². The number of alkyl halides is 2. The average Bonchev–Trinajstić information content (AvgIpc) is 2.46. The highest BCUT2D eigenvalue weighted by Crippen LogP contribution is 2.14. The van der Waals surface area contributed by atoms with E-state index in [-0.39, 0.29) is 0 Å². The molecule has 0 rings (SSSR count). The number of unbranched alkanes of at least 4 members (excludes halogenated alkanes) is 14. The van der Waals surface area contributed by atoms with Gasteiger partial charge in [0.15, 0.2) is 0 Å². The van der Waals surface area contributed by atoms with Crippen LogP contribution in [0.3, 0.4) is 0 Å². The van der Waals surface area contributed by atoms with Gasteiger partial charge < -0.3 is 0 Å². The highest BCUT2D eigenvalue weighted by Gasteiger charge is 1.97. The summed E-state index contributed by atoms with van der Waals surface area (Å²) in [6, 6.07) is 0. The number of halogens is 2. The highest BCUT2D eigenvalue weighted by atomic mass is 35.5. The smallest absolute Gasteiger partial charge is 0.0307 e. The number of hydrogen-bond acceptors (Lipinski definition) is 0. The summed E-state index contributed by atoms with van der Waals surface area (Å²) in [6.07, 6.45) is 22.1. The van der Waals surface area contributed by atoms with E-state index in [1.807, 2.05) is 0 Å². The first-order valence-electron chi connectivity index (χ1n) is 9.47. The van der Waals surface area contributed by atoms with Gasteiger partial charge in [-0.15, -0.1) is 23.2 Å². The zero-order valence-corrected chi connectivity index (χ0v) is 15.9. The quantitative estimate of drug-likeness (QED) is 0.186. The van der Waals surface area contributed by atoms with E-state index in [2.05, 4.69) is 6.92 Å². The molecule has 2 heteroatoms. The van der Waals surface area contributed by atoms with E-state index in [9.17, 15) is 0 Å². The lowest BCUT2D eigenvalue weighted by Crippen LogP contribution is -1.90. The molecule has 0 aliphatic heterocycles. The summed E-state index contributed by atoms with van der Waals surface area (Å²) in [7, 11) is 0. The Morgan fingerprint density at radius 3 is 1.10 bits per heavy atom. The second-order valence-corrected chi connectivity index (χ2v) is 7.68. The first-order valence-corrected chi connectivity index (χ1v) is 10.4. The van der Waals surface area contributed by atoms with E-state index in [1.54, 1.807) is 0 Å². The summed E-state index contributed by atoms with van der Waals surface area (Å²) >= 11 is 11.6. The average molecular weight is 337 g/mol. The molecule has 0 aliphatic carbocycles. The van der Waals surface area contributed by atoms with Crippen molar-refractivity contribution in [1.29, 1.82) is 0 Å². The van der Waals surface area contributed by atoms with Crippen LogP contribution in [-0.4, -0.2) is 11.3 Å². The SMILES string of the molecule is CC(Cl)CCCCCCCCCCCCCCCCCCl. The van der Waals surface area contributed by atoms with Crippen molar-refractivity contribution in [2.75, 3.05) is 5.88 Å². The normalized spacial score (nSPS) is 12.7. The highest BCUT2D eigenvalue weighted by molar-refractivity contribution is 6.20. The third-order valence-electron chi connectivity index (χ3n) is 4.24. The van der Waals surface area contributed by atoms with E-state index in [0.29, 0.717) is 5.38 Å². The number of rotatable bonds is 17. The monoisotopic (exact) mass is 336 g/mol. The molecule has 0 aromatic heterocycles. The molecular weight excluding hydrogens is 299 g/mol. The zero-order valence-electron chi connectivity index (χ0n) is 14.4. The lowest BCUT2D eigenvalue weighted by molar-refractivity contribution is 0.529. The Morgan fingerprint density at radius 2 is 0.810 bits per heavy atom. The van der Waals surface area contributed by atoms with Crippen molar-refractivity contribution in [3.05, 3.63) is 0 Å². The van der Waals surface area contributed by atoms with Crippen LogP contribution in [0.1, 0.15) is 110 Å². The van der Waals surface area contributed by atoms with Crippen molar-refractivity contribution in [3.8, 4) is 0 Å². The van der Waals surface area contributed by atoms with Crippen molar-refractivity contribution in [1.82, 2.24) is 0 Å². The van der Waals surface area contributed by atoms with Gasteiger partial charge in [-0.3, -0.25) is 0 Å². The minimum Gasteiger partial charge on any atom is -0.127 e. The Hall–Kier alpha value is 0.580. The van der Waals surface area contributed by atoms with Crippen molar-refractivity contribution >= 4 is 23.2 Å². The molecule has 0 amide bonds. The molecular formula is C19H38Cl2. The van der Waals surface area contributed by atoms with Crippen LogP contribution >= 0.6 is 23.2 Å². The summed E-state index contributed by atoms with van der Waals surface area (Å²) < 4.78 is 0. The van der Waals surface area contributed by atoms with Crippen molar-refractivity contribution in [2.24, 2.45) is 0 Å². The molecule has 1 unspecified atom stereocenters.